The van der Waals surface area contributed by atoms with Gasteiger partial charge in [0.25, 0.3) is 5.91 Å². The summed E-state index contributed by atoms with van der Waals surface area (Å²) in [6.07, 6.45) is 2.19. The average Bonchev–Trinajstić information content (AvgIpc) is 2.87. The van der Waals surface area contributed by atoms with Crippen LogP contribution in [0.1, 0.15) is 30.3 Å². The Hall–Kier alpha value is -1.52. The summed E-state index contributed by atoms with van der Waals surface area (Å²) < 4.78 is 5.19. The largest absolute Gasteiger partial charge is 0.477 e. The molecule has 1 aromatic rings. The van der Waals surface area contributed by atoms with Crippen LogP contribution in [0.4, 0.5) is 0 Å². The third-order valence-electron chi connectivity index (χ3n) is 2.47. The van der Waals surface area contributed by atoms with Gasteiger partial charge in [0.15, 0.2) is 0 Å². The van der Waals surface area contributed by atoms with Crippen LogP contribution in [-0.4, -0.2) is 40.7 Å². The maximum absolute atomic E-state index is 11.9. The molecule has 2 rings (SSSR count). The van der Waals surface area contributed by atoms with Crippen LogP contribution in [-0.2, 0) is 0 Å². The molecule has 0 bridgehead atoms. The van der Waals surface area contributed by atoms with Crippen LogP contribution in [0.3, 0.4) is 0 Å². The maximum atomic E-state index is 11.9. The van der Waals surface area contributed by atoms with Crippen LogP contribution in [0.2, 0.25) is 0 Å². The number of carbonyl (C=O) groups is 1. The van der Waals surface area contributed by atoms with Gasteiger partial charge in [0.2, 0.25) is 5.88 Å². The van der Waals surface area contributed by atoms with Crippen molar-refractivity contribution in [2.24, 2.45) is 0 Å². The molecule has 0 saturated carbocycles. The lowest BCUT2D eigenvalue weighted by atomic mass is 10.4. The molecule has 1 amide bonds. The van der Waals surface area contributed by atoms with Crippen molar-refractivity contribution in [2.75, 3.05) is 19.7 Å². The van der Waals surface area contributed by atoms with Crippen molar-refractivity contribution in [3.8, 4) is 5.88 Å². The lowest BCUT2D eigenvalue weighted by molar-refractivity contribution is 0.0787. The Morgan fingerprint density at radius 1 is 1.60 bits per heavy atom. The molecule has 0 radical (unpaired) electrons. The molecule has 5 heteroatoms. The zero-order valence-electron chi connectivity index (χ0n) is 8.82. The zero-order chi connectivity index (χ0) is 10.7. The standard InChI is InChI=1S/C10H15N3O2/c1-2-15-9-7-8(11-12-9)10(14)13-5-3-4-6-13/h7H,2-6H2,1H3,(H,11,12). The Bertz CT molecular complexity index is 342. The van der Waals surface area contributed by atoms with Crippen LogP contribution in [0.5, 0.6) is 5.88 Å². The summed E-state index contributed by atoms with van der Waals surface area (Å²) in [7, 11) is 0. The van der Waals surface area contributed by atoms with Crippen LogP contribution < -0.4 is 4.74 Å². The van der Waals surface area contributed by atoms with Gasteiger partial charge < -0.3 is 9.64 Å². The molecule has 5 nitrogen and oxygen atoms in total. The van der Waals surface area contributed by atoms with Gasteiger partial charge in [-0.3, -0.25) is 9.89 Å². The summed E-state index contributed by atoms with van der Waals surface area (Å²) in [5.41, 5.74) is 0.514. The lowest BCUT2D eigenvalue weighted by Crippen LogP contribution is -2.27. The van der Waals surface area contributed by atoms with Gasteiger partial charge >= 0.3 is 0 Å². The Labute approximate surface area is 88.4 Å². The van der Waals surface area contributed by atoms with Crippen LogP contribution in [0, 0.1) is 0 Å². The second kappa shape index (κ2) is 4.33. The molecule has 0 atom stereocenters. The van der Waals surface area contributed by atoms with E-state index in [1.54, 1.807) is 6.07 Å². The number of aromatic nitrogens is 2. The van der Waals surface area contributed by atoms with E-state index in [0.717, 1.165) is 25.9 Å². The first-order valence-corrected chi connectivity index (χ1v) is 5.28. The predicted molar refractivity (Wildman–Crippen MR) is 54.9 cm³/mol. The summed E-state index contributed by atoms with van der Waals surface area (Å²) in [5, 5.41) is 6.60. The number of carbonyl (C=O) groups excluding carboxylic acids is 1. The fourth-order valence-corrected chi connectivity index (χ4v) is 1.73. The average molecular weight is 209 g/mol. The Morgan fingerprint density at radius 2 is 2.33 bits per heavy atom. The first kappa shape index (κ1) is 10.0. The first-order valence-electron chi connectivity index (χ1n) is 5.28. The summed E-state index contributed by atoms with van der Waals surface area (Å²) in [5.74, 6) is 0.506. The first-order chi connectivity index (χ1) is 7.31. The van der Waals surface area contributed by atoms with Crippen molar-refractivity contribution in [1.29, 1.82) is 0 Å². The number of hydrogen-bond donors (Lipinski definition) is 1. The molecule has 0 spiro atoms. The topological polar surface area (TPSA) is 58.2 Å². The molecule has 1 aliphatic heterocycles. The third kappa shape index (κ3) is 2.11. The number of hydrogen-bond acceptors (Lipinski definition) is 3. The number of rotatable bonds is 3. The summed E-state index contributed by atoms with van der Waals surface area (Å²) in [4.78, 5) is 13.7. The van der Waals surface area contributed by atoms with E-state index < -0.39 is 0 Å². The predicted octanol–water partition coefficient (Wildman–Crippen LogP) is 1.04. The molecule has 1 aromatic heterocycles. The monoisotopic (exact) mass is 209 g/mol. The highest BCUT2D eigenvalue weighted by molar-refractivity contribution is 5.92. The van der Waals surface area contributed by atoms with E-state index in [1.165, 1.54) is 0 Å². The molecule has 1 aliphatic rings. The van der Waals surface area contributed by atoms with E-state index >= 15 is 0 Å². The number of likely N-dealkylation sites (tertiary alicyclic amines) is 1. The van der Waals surface area contributed by atoms with Gasteiger partial charge in [-0.05, 0) is 19.8 Å². The van der Waals surface area contributed by atoms with E-state index in [9.17, 15) is 4.79 Å². The van der Waals surface area contributed by atoms with Crippen molar-refractivity contribution in [3.63, 3.8) is 0 Å². The fourth-order valence-electron chi connectivity index (χ4n) is 1.73. The van der Waals surface area contributed by atoms with Crippen LogP contribution >= 0.6 is 0 Å². The molecule has 0 unspecified atom stereocenters. The van der Waals surface area contributed by atoms with E-state index in [-0.39, 0.29) is 5.91 Å². The molecule has 0 aromatic carbocycles. The molecule has 82 valence electrons. The van der Waals surface area contributed by atoms with Gasteiger partial charge in [0, 0.05) is 19.2 Å². The van der Waals surface area contributed by atoms with Gasteiger partial charge in [0.1, 0.15) is 5.69 Å². The van der Waals surface area contributed by atoms with Gasteiger partial charge in [-0.15, -0.1) is 5.10 Å². The van der Waals surface area contributed by atoms with E-state index in [2.05, 4.69) is 10.2 Å². The number of nitrogens with one attached hydrogen (secondary N) is 1. The van der Waals surface area contributed by atoms with Gasteiger partial charge in [-0.2, -0.15) is 0 Å². The zero-order valence-corrected chi connectivity index (χ0v) is 8.82. The lowest BCUT2D eigenvalue weighted by Gasteiger charge is -2.12. The number of aromatic amines is 1. The quantitative estimate of drug-likeness (QED) is 0.809. The molecule has 1 fully saturated rings. The highest BCUT2D eigenvalue weighted by Gasteiger charge is 2.21. The Balaban J connectivity index is 2.04. The van der Waals surface area contributed by atoms with Crippen molar-refractivity contribution < 1.29 is 9.53 Å². The number of ether oxygens (including phenoxy) is 1. The van der Waals surface area contributed by atoms with Crippen molar-refractivity contribution >= 4 is 5.91 Å². The van der Waals surface area contributed by atoms with Crippen molar-refractivity contribution in [2.45, 2.75) is 19.8 Å². The van der Waals surface area contributed by atoms with Gasteiger partial charge in [0.05, 0.1) is 6.61 Å². The molecular formula is C10H15N3O2. The summed E-state index contributed by atoms with van der Waals surface area (Å²) >= 11 is 0. The minimum Gasteiger partial charge on any atom is -0.477 e. The molecule has 1 N–H and O–H groups in total. The van der Waals surface area contributed by atoms with Crippen molar-refractivity contribution in [3.05, 3.63) is 11.8 Å². The number of nitrogens with zero attached hydrogens (tertiary/aromatic N) is 2. The Morgan fingerprint density at radius 3 is 3.00 bits per heavy atom. The second-order valence-electron chi connectivity index (χ2n) is 3.55. The SMILES string of the molecule is CCOc1cc(C(=O)N2CCCC2)[nH]n1. The normalized spacial score (nSPS) is 15.7. The summed E-state index contributed by atoms with van der Waals surface area (Å²) in [6, 6.07) is 1.66. The highest BCUT2D eigenvalue weighted by Crippen LogP contribution is 2.14. The maximum Gasteiger partial charge on any atom is 0.272 e. The number of amides is 1. The number of H-pyrrole nitrogens is 1. The molecule has 0 aliphatic carbocycles. The molecule has 2 heterocycles. The minimum absolute atomic E-state index is 0.0194. The van der Waals surface area contributed by atoms with Crippen molar-refractivity contribution in [1.82, 2.24) is 15.1 Å². The second-order valence-corrected chi connectivity index (χ2v) is 3.55. The van der Waals surface area contributed by atoms with Gasteiger partial charge in [-0.1, -0.05) is 0 Å². The molecular weight excluding hydrogens is 194 g/mol. The summed E-state index contributed by atoms with van der Waals surface area (Å²) in [6.45, 7) is 4.14. The molecule has 1 saturated heterocycles. The highest BCUT2D eigenvalue weighted by atomic mass is 16.5. The van der Waals surface area contributed by atoms with E-state index in [1.807, 2.05) is 11.8 Å². The third-order valence-corrected chi connectivity index (χ3v) is 2.47. The molecule has 15 heavy (non-hydrogen) atoms. The van der Waals surface area contributed by atoms with E-state index in [4.69, 9.17) is 4.74 Å². The van der Waals surface area contributed by atoms with Gasteiger partial charge in [-0.25, -0.2) is 0 Å². The smallest absolute Gasteiger partial charge is 0.272 e. The van der Waals surface area contributed by atoms with E-state index in [0.29, 0.717) is 18.2 Å². The minimum atomic E-state index is 0.0194. The Kier molecular flexibility index (Phi) is 2.89. The fraction of sp³-hybridized carbons (Fsp3) is 0.600. The van der Waals surface area contributed by atoms with Crippen LogP contribution in [0.25, 0.3) is 0 Å². The van der Waals surface area contributed by atoms with Crippen LogP contribution in [0.15, 0.2) is 6.07 Å².